The number of hydrogen-bond acceptors (Lipinski definition) is 19. The van der Waals surface area contributed by atoms with Crippen LogP contribution in [-0.2, 0) is 33.2 Å². The molecule has 1 fully saturated rings. The van der Waals surface area contributed by atoms with Crippen molar-refractivity contribution in [2.45, 2.75) is 113 Å². The Kier molecular flexibility index (Phi) is 20.1. The number of rotatable bonds is 23. The highest BCUT2D eigenvalue weighted by Gasteiger charge is 2.47. The predicted octanol–water partition coefficient (Wildman–Crippen LogP) is -7.42. The summed E-state index contributed by atoms with van der Waals surface area (Å²) in [6, 6.07) is 0. The van der Waals surface area contributed by atoms with Gasteiger partial charge in [-0.1, -0.05) is 0 Å². The summed E-state index contributed by atoms with van der Waals surface area (Å²) in [4.78, 5) is 11.5. The minimum Gasteiger partial charge on any atom is -0.394 e. The topological polar surface area (TPSA) is 327 Å². The van der Waals surface area contributed by atoms with Gasteiger partial charge < -0.3 is 95.0 Å². The van der Waals surface area contributed by atoms with Gasteiger partial charge in [0.25, 0.3) is 0 Å². The van der Waals surface area contributed by atoms with Gasteiger partial charge in [0.05, 0.1) is 52.3 Å². The molecule has 9 unspecified atom stereocenters. The van der Waals surface area contributed by atoms with Crippen molar-refractivity contribution in [1.29, 1.82) is 0 Å². The van der Waals surface area contributed by atoms with Crippen molar-refractivity contribution < 1.29 is 94.5 Å². The molecule has 0 aromatic heterocycles. The molecular weight excluding hydrogens is 630 g/mol. The van der Waals surface area contributed by atoms with Crippen LogP contribution >= 0.6 is 0 Å². The van der Waals surface area contributed by atoms with E-state index in [-0.39, 0.29) is 0 Å². The Labute approximate surface area is 265 Å². The lowest BCUT2D eigenvalue weighted by Gasteiger charge is -2.43. The van der Waals surface area contributed by atoms with Crippen LogP contribution < -0.4 is 5.32 Å². The molecule has 1 aliphatic heterocycles. The number of carbonyl (C=O) groups is 1. The van der Waals surface area contributed by atoms with E-state index in [0.29, 0.717) is 0 Å². The maximum absolute atomic E-state index is 11.5. The molecular formula is C26H51NO19. The summed E-state index contributed by atoms with van der Waals surface area (Å²) in [7, 11) is 0. The second-order valence-electron chi connectivity index (χ2n) is 10.7. The summed E-state index contributed by atoms with van der Waals surface area (Å²) in [5.74, 6) is -0.538. The quantitative estimate of drug-likeness (QED) is 0.0445. The van der Waals surface area contributed by atoms with Crippen LogP contribution in [0.4, 0.5) is 0 Å². The predicted molar refractivity (Wildman–Crippen MR) is 149 cm³/mol. The van der Waals surface area contributed by atoms with Crippen molar-refractivity contribution in [3.8, 4) is 0 Å². The average Bonchev–Trinajstić information content (AvgIpc) is 3.04. The third-order valence-electron chi connectivity index (χ3n) is 7.00. The molecule has 0 radical (unpaired) electrons. The van der Waals surface area contributed by atoms with Gasteiger partial charge in [-0.05, 0) is 13.8 Å². The summed E-state index contributed by atoms with van der Waals surface area (Å²) in [6.45, 7) is -1.35. The van der Waals surface area contributed by atoms with Crippen molar-refractivity contribution in [2.75, 3.05) is 46.2 Å². The molecule has 274 valence electrons. The Morgan fingerprint density at radius 2 is 1.35 bits per heavy atom. The largest absolute Gasteiger partial charge is 0.394 e. The van der Waals surface area contributed by atoms with Crippen LogP contribution in [0.1, 0.15) is 20.8 Å². The maximum atomic E-state index is 11.5. The van der Waals surface area contributed by atoms with Crippen molar-refractivity contribution in [1.82, 2.24) is 5.32 Å². The Morgan fingerprint density at radius 1 is 0.783 bits per heavy atom. The lowest BCUT2D eigenvalue weighted by molar-refractivity contribution is -0.341. The normalized spacial score (nSPS) is 28.7. The highest BCUT2D eigenvalue weighted by atomic mass is 16.8. The van der Waals surface area contributed by atoms with Crippen molar-refractivity contribution in [2.24, 2.45) is 0 Å². The van der Waals surface area contributed by atoms with Gasteiger partial charge in [-0.15, -0.1) is 0 Å². The molecule has 15 atom stereocenters. The van der Waals surface area contributed by atoms with E-state index in [4.69, 9.17) is 38.6 Å². The minimum absolute atomic E-state index is 0.415. The number of amides is 1. The maximum Gasteiger partial charge on any atom is 0.217 e. The van der Waals surface area contributed by atoms with E-state index in [1.54, 1.807) is 0 Å². The van der Waals surface area contributed by atoms with E-state index in [1.165, 1.54) is 13.8 Å². The molecule has 0 aliphatic carbocycles. The molecule has 0 saturated carbocycles. The highest BCUT2D eigenvalue weighted by Crippen LogP contribution is 2.26. The van der Waals surface area contributed by atoms with Crippen LogP contribution in [0.2, 0.25) is 0 Å². The summed E-state index contributed by atoms with van der Waals surface area (Å²) in [5.41, 5.74) is 0. The first-order valence-electron chi connectivity index (χ1n) is 14.6. The first-order valence-corrected chi connectivity index (χ1v) is 14.6. The number of nitrogens with one attached hydrogen (secondary N) is 1. The van der Waals surface area contributed by atoms with Gasteiger partial charge in [0.1, 0.15) is 67.1 Å². The summed E-state index contributed by atoms with van der Waals surface area (Å²) in [6.07, 6.45) is -23.0. The summed E-state index contributed by atoms with van der Waals surface area (Å²) < 4.78 is 33.1. The van der Waals surface area contributed by atoms with Gasteiger partial charge in [-0.2, -0.15) is 0 Å². The standard InChI is InChI=1S/C26H51NO19/c1-11(21(37)14(34)5-28)42-13(3)43-25-24(40)23(39)19(9-32)46-26(25)41-10-16(36)17(7-30)44-20(4-27-12(2)33)45-18(8-31)22(38)15(35)6-29/h11,13-26,28-32,34-40H,4-10H2,1-3H3,(H,27,33)/t11?,13?,14?,15?,16-,17?,18?,19?,20+,21-,22+,23+,24?,25?,26-/m1/s1. The van der Waals surface area contributed by atoms with Crippen LogP contribution in [0, 0.1) is 0 Å². The van der Waals surface area contributed by atoms with E-state index >= 15 is 0 Å². The van der Waals surface area contributed by atoms with Crippen LogP contribution in [0.15, 0.2) is 0 Å². The second-order valence-corrected chi connectivity index (χ2v) is 10.7. The van der Waals surface area contributed by atoms with Crippen LogP contribution in [0.3, 0.4) is 0 Å². The Hall–Kier alpha value is -1.25. The van der Waals surface area contributed by atoms with Crippen molar-refractivity contribution >= 4 is 5.91 Å². The molecule has 20 heteroatoms. The fourth-order valence-corrected chi connectivity index (χ4v) is 4.28. The first kappa shape index (κ1) is 42.8. The Morgan fingerprint density at radius 3 is 1.87 bits per heavy atom. The van der Waals surface area contributed by atoms with E-state index in [0.717, 1.165) is 6.92 Å². The Bertz CT molecular complexity index is 830. The van der Waals surface area contributed by atoms with Gasteiger partial charge >= 0.3 is 0 Å². The van der Waals surface area contributed by atoms with Gasteiger partial charge in [-0.3, -0.25) is 4.79 Å². The molecule has 1 amide bonds. The zero-order valence-corrected chi connectivity index (χ0v) is 25.8. The molecule has 1 rings (SSSR count). The fourth-order valence-electron chi connectivity index (χ4n) is 4.28. The number of aliphatic hydroxyl groups is 12. The molecule has 20 nitrogen and oxygen atoms in total. The van der Waals surface area contributed by atoms with E-state index in [2.05, 4.69) is 5.32 Å². The average molecular weight is 682 g/mol. The molecule has 0 aromatic rings. The van der Waals surface area contributed by atoms with Crippen LogP contribution in [-0.4, -0.2) is 205 Å². The van der Waals surface area contributed by atoms with Crippen LogP contribution in [0.25, 0.3) is 0 Å². The monoisotopic (exact) mass is 681 g/mol. The number of carbonyl (C=O) groups excluding carboxylic acids is 1. The zero-order valence-electron chi connectivity index (χ0n) is 25.8. The smallest absolute Gasteiger partial charge is 0.217 e. The third kappa shape index (κ3) is 13.3. The summed E-state index contributed by atoms with van der Waals surface area (Å²) in [5, 5.41) is 121. The van der Waals surface area contributed by atoms with Gasteiger partial charge in [0.15, 0.2) is 18.9 Å². The number of ether oxygens (including phenoxy) is 6. The number of hydrogen-bond donors (Lipinski definition) is 13. The Balaban J connectivity index is 3.03. The molecule has 13 N–H and O–H groups in total. The molecule has 1 saturated heterocycles. The molecule has 1 heterocycles. The summed E-state index contributed by atoms with van der Waals surface area (Å²) >= 11 is 0. The van der Waals surface area contributed by atoms with Gasteiger partial charge in [0, 0.05) is 6.92 Å². The molecule has 0 aromatic carbocycles. The first-order chi connectivity index (χ1) is 21.6. The molecule has 46 heavy (non-hydrogen) atoms. The molecule has 1 aliphatic rings. The van der Waals surface area contributed by atoms with Crippen LogP contribution in [0.5, 0.6) is 0 Å². The van der Waals surface area contributed by atoms with E-state index in [1.807, 2.05) is 0 Å². The zero-order chi connectivity index (χ0) is 35.1. The van der Waals surface area contributed by atoms with Gasteiger partial charge in [-0.25, -0.2) is 0 Å². The lowest BCUT2D eigenvalue weighted by atomic mass is 9.99. The third-order valence-corrected chi connectivity index (χ3v) is 7.00. The molecule has 0 bridgehead atoms. The van der Waals surface area contributed by atoms with E-state index in [9.17, 15) is 55.9 Å². The number of aliphatic hydroxyl groups excluding tert-OH is 12. The van der Waals surface area contributed by atoms with Crippen molar-refractivity contribution in [3.63, 3.8) is 0 Å². The van der Waals surface area contributed by atoms with Gasteiger partial charge in [0.2, 0.25) is 5.91 Å². The molecule has 0 spiro atoms. The van der Waals surface area contributed by atoms with E-state index < -0.39 is 144 Å². The fraction of sp³-hybridized carbons (Fsp3) is 0.962. The minimum atomic E-state index is -1.79. The second kappa shape index (κ2) is 21.7. The highest BCUT2D eigenvalue weighted by molar-refractivity contribution is 5.72. The SMILES string of the molecule is CC(=O)NC[C@H](OC(CO)[C@@H](O)C(O)CO)OC(CO)[C@H](O)CO[C@@H]1OC(CO)[C@H](O)C(O)C1OC(C)OC(C)[C@@H](O)C(O)CO. The van der Waals surface area contributed by atoms with Crippen molar-refractivity contribution in [3.05, 3.63) is 0 Å². The lowest BCUT2D eigenvalue weighted by Crippen LogP contribution is -2.61.